The van der Waals surface area contributed by atoms with Gasteiger partial charge >= 0.3 is 0 Å². The van der Waals surface area contributed by atoms with Crippen molar-refractivity contribution in [2.45, 2.75) is 71.4 Å². The Balaban J connectivity index is 3.01. The van der Waals surface area contributed by atoms with Crippen LogP contribution >= 0.6 is 0 Å². The first-order valence-electron chi connectivity index (χ1n) is 7.23. The Kier molecular flexibility index (Phi) is 5.10. The topological polar surface area (TPSA) is 90.0 Å². The van der Waals surface area contributed by atoms with Crippen LogP contribution in [0.2, 0.25) is 0 Å². The van der Waals surface area contributed by atoms with E-state index in [0.717, 1.165) is 6.42 Å². The van der Waals surface area contributed by atoms with E-state index in [9.17, 15) is 8.42 Å². The minimum absolute atomic E-state index is 0.0178. The zero-order valence-electron chi connectivity index (χ0n) is 13.9. The van der Waals surface area contributed by atoms with E-state index in [1.165, 1.54) is 6.20 Å². The molecule has 0 aliphatic rings. The fraction of sp³-hybridized carbons (Fsp3) is 0.786. The first-order chi connectivity index (χ1) is 9.36. The molecule has 0 aliphatic heterocycles. The highest BCUT2D eigenvalue weighted by molar-refractivity contribution is 7.89. The molecule has 7 heteroatoms. The molecule has 21 heavy (non-hydrogen) atoms. The summed E-state index contributed by atoms with van der Waals surface area (Å²) in [7, 11) is -3.68. The van der Waals surface area contributed by atoms with E-state index in [4.69, 9.17) is 5.73 Å². The lowest BCUT2D eigenvalue weighted by Crippen LogP contribution is -2.45. The van der Waals surface area contributed by atoms with E-state index in [1.54, 1.807) is 4.68 Å². The molecule has 0 unspecified atom stereocenters. The van der Waals surface area contributed by atoms with E-state index in [1.807, 2.05) is 20.8 Å². The molecule has 1 rings (SSSR count). The Morgan fingerprint density at radius 2 is 1.86 bits per heavy atom. The van der Waals surface area contributed by atoms with Gasteiger partial charge in [-0.15, -0.1) is 0 Å². The molecule has 0 atom stereocenters. The van der Waals surface area contributed by atoms with E-state index in [-0.39, 0.29) is 16.1 Å². The zero-order chi connectivity index (χ0) is 16.5. The number of hydrogen-bond donors (Lipinski definition) is 2. The third-order valence-electron chi connectivity index (χ3n) is 2.88. The molecule has 0 fully saturated rings. The van der Waals surface area contributed by atoms with Gasteiger partial charge in [0.25, 0.3) is 0 Å². The van der Waals surface area contributed by atoms with Crippen molar-refractivity contribution in [3.8, 4) is 0 Å². The van der Waals surface area contributed by atoms with E-state index in [2.05, 4.69) is 30.6 Å². The number of nitrogens with zero attached hydrogens (tertiary/aromatic N) is 2. The van der Waals surface area contributed by atoms with Gasteiger partial charge in [-0.3, -0.25) is 4.68 Å². The zero-order valence-corrected chi connectivity index (χ0v) is 14.7. The Morgan fingerprint density at radius 1 is 1.29 bits per heavy atom. The quantitative estimate of drug-likeness (QED) is 0.843. The van der Waals surface area contributed by atoms with Crippen molar-refractivity contribution in [2.24, 2.45) is 5.41 Å². The van der Waals surface area contributed by atoms with Crippen molar-refractivity contribution in [1.29, 1.82) is 0 Å². The Morgan fingerprint density at radius 3 is 2.33 bits per heavy atom. The molecule has 0 spiro atoms. The summed E-state index contributed by atoms with van der Waals surface area (Å²) in [5.74, 6) is 0.0440. The molecule has 0 amide bonds. The molecule has 122 valence electrons. The number of aryl methyl sites for hydroxylation is 1. The first kappa shape index (κ1) is 18.0. The second kappa shape index (κ2) is 5.96. The molecular weight excluding hydrogens is 288 g/mol. The fourth-order valence-corrected chi connectivity index (χ4v) is 4.24. The summed E-state index contributed by atoms with van der Waals surface area (Å²) in [5, 5.41) is 4.05. The molecule has 3 N–H and O–H groups in total. The summed E-state index contributed by atoms with van der Waals surface area (Å²) >= 11 is 0. The van der Waals surface area contributed by atoms with E-state index in [0.29, 0.717) is 13.0 Å². The van der Waals surface area contributed by atoms with Gasteiger partial charge in [0, 0.05) is 18.3 Å². The van der Waals surface area contributed by atoms with Gasteiger partial charge in [0.2, 0.25) is 10.0 Å². The average Bonchev–Trinajstić information content (AvgIpc) is 2.54. The highest BCUT2D eigenvalue weighted by Crippen LogP contribution is 2.28. The second-order valence-electron chi connectivity index (χ2n) is 7.37. The van der Waals surface area contributed by atoms with E-state index >= 15 is 0 Å². The van der Waals surface area contributed by atoms with E-state index < -0.39 is 15.6 Å². The largest absolute Gasteiger partial charge is 0.381 e. The predicted octanol–water partition coefficient (Wildman–Crippen LogP) is 2.37. The van der Waals surface area contributed by atoms with Gasteiger partial charge in [-0.25, -0.2) is 13.1 Å². The third-order valence-corrected chi connectivity index (χ3v) is 4.59. The second-order valence-corrected chi connectivity index (χ2v) is 9.02. The van der Waals surface area contributed by atoms with Gasteiger partial charge < -0.3 is 5.73 Å². The maximum Gasteiger partial charge on any atom is 0.246 e. The number of hydrogen-bond acceptors (Lipinski definition) is 4. The number of nitrogens with two attached hydrogens (primary N) is 1. The van der Waals surface area contributed by atoms with Crippen LogP contribution < -0.4 is 10.5 Å². The van der Waals surface area contributed by atoms with Gasteiger partial charge in [-0.1, -0.05) is 27.7 Å². The first-order valence-corrected chi connectivity index (χ1v) is 8.71. The highest BCUT2D eigenvalue weighted by Gasteiger charge is 2.32. The molecule has 1 aromatic heterocycles. The molecular formula is C14H28N4O2S. The van der Waals surface area contributed by atoms with Crippen LogP contribution in [0.4, 0.5) is 5.82 Å². The predicted molar refractivity (Wildman–Crippen MR) is 85.4 cm³/mol. The minimum Gasteiger partial charge on any atom is -0.381 e. The van der Waals surface area contributed by atoms with Crippen molar-refractivity contribution in [2.75, 3.05) is 5.73 Å². The van der Waals surface area contributed by atoms with Crippen LogP contribution in [0.5, 0.6) is 0 Å². The van der Waals surface area contributed by atoms with Crippen LogP contribution in [-0.4, -0.2) is 23.7 Å². The van der Waals surface area contributed by atoms with Gasteiger partial charge in [0.05, 0.1) is 0 Å². The van der Waals surface area contributed by atoms with Crippen molar-refractivity contribution in [3.05, 3.63) is 6.20 Å². The smallest absolute Gasteiger partial charge is 0.246 e. The number of sulfonamides is 1. The maximum atomic E-state index is 12.5. The van der Waals surface area contributed by atoms with Crippen LogP contribution in [0.15, 0.2) is 11.1 Å². The Hall–Kier alpha value is -1.08. The Labute approximate surface area is 128 Å². The van der Waals surface area contributed by atoms with Crippen LogP contribution in [0.3, 0.4) is 0 Å². The van der Waals surface area contributed by atoms with Gasteiger partial charge in [0.15, 0.2) is 5.82 Å². The van der Waals surface area contributed by atoms with Crippen molar-refractivity contribution in [3.63, 3.8) is 0 Å². The molecule has 1 heterocycles. The maximum absolute atomic E-state index is 12.5. The summed E-state index contributed by atoms with van der Waals surface area (Å²) in [6.45, 7) is 12.6. The van der Waals surface area contributed by atoms with Gasteiger partial charge in [-0.05, 0) is 32.1 Å². The van der Waals surface area contributed by atoms with Crippen LogP contribution in [0, 0.1) is 5.41 Å². The number of rotatable bonds is 6. The lowest BCUT2D eigenvalue weighted by molar-refractivity contribution is 0.269. The fourth-order valence-electron chi connectivity index (χ4n) is 2.75. The van der Waals surface area contributed by atoms with Gasteiger partial charge in [-0.2, -0.15) is 5.10 Å². The molecule has 0 aromatic carbocycles. The lowest BCUT2D eigenvalue weighted by Gasteiger charge is -2.32. The molecule has 0 saturated heterocycles. The van der Waals surface area contributed by atoms with Crippen molar-refractivity contribution < 1.29 is 8.42 Å². The standard InChI is InChI=1S/C14H28N4O2S/c1-7-8-18-9-11(12(15)16-18)21(19,20)17-14(5,6)10-13(2,3)4/h9,17H,7-8,10H2,1-6H3,(H2,15,16). The van der Waals surface area contributed by atoms with Crippen molar-refractivity contribution in [1.82, 2.24) is 14.5 Å². The summed E-state index contributed by atoms with van der Waals surface area (Å²) in [6, 6.07) is 0. The molecule has 0 bridgehead atoms. The van der Waals surface area contributed by atoms with Gasteiger partial charge in [0.1, 0.15) is 4.90 Å². The van der Waals surface area contributed by atoms with Crippen molar-refractivity contribution >= 4 is 15.8 Å². The summed E-state index contributed by atoms with van der Waals surface area (Å²) in [5.41, 5.74) is 5.21. The number of aromatic nitrogens is 2. The summed E-state index contributed by atoms with van der Waals surface area (Å²) in [6.07, 6.45) is 3.07. The molecule has 0 saturated carbocycles. The van der Waals surface area contributed by atoms with Crippen LogP contribution in [0.25, 0.3) is 0 Å². The normalized spacial score (nSPS) is 13.6. The SMILES string of the molecule is CCCn1cc(S(=O)(=O)NC(C)(C)CC(C)(C)C)c(N)n1. The van der Waals surface area contributed by atoms with Crippen LogP contribution in [0.1, 0.15) is 54.4 Å². The summed E-state index contributed by atoms with van der Waals surface area (Å²) in [4.78, 5) is 0.0536. The van der Waals surface area contributed by atoms with Crippen LogP contribution in [-0.2, 0) is 16.6 Å². The molecule has 0 aliphatic carbocycles. The molecule has 6 nitrogen and oxygen atoms in total. The lowest BCUT2D eigenvalue weighted by atomic mass is 9.82. The number of nitrogens with one attached hydrogen (secondary N) is 1. The monoisotopic (exact) mass is 316 g/mol. The highest BCUT2D eigenvalue weighted by atomic mass is 32.2. The number of nitrogen functional groups attached to an aromatic ring is 1. The molecule has 0 radical (unpaired) electrons. The average molecular weight is 316 g/mol. The number of anilines is 1. The minimum atomic E-state index is -3.68. The molecule has 1 aromatic rings. The Bertz CT molecular complexity index is 583. The third kappa shape index (κ3) is 5.32. The summed E-state index contributed by atoms with van der Waals surface area (Å²) < 4.78 is 29.4.